The van der Waals surface area contributed by atoms with Gasteiger partial charge in [-0.25, -0.2) is 9.36 Å². The Bertz CT molecular complexity index is 1470. The number of nitrogens with zero attached hydrogens (tertiary/aromatic N) is 2. The fraction of sp³-hybridized carbons (Fsp3) is 0.792. The molecule has 1 aliphatic heterocycles. The number of carbonyl (C=O) groups excluding carboxylic acids is 2. The van der Waals surface area contributed by atoms with Gasteiger partial charge >= 0.3 is 25.5 Å². The molecule has 1 fully saturated rings. The second kappa shape index (κ2) is 36.5. The SMILES string of the molecule is CCCCCCCC/C=C\CCCCCCCC(=O)OC[C@H](COP(=O)(O)OC[C@@H]1CC[C@H](n2ccc(N)nc2=O)O1)OC(=O)CCCCCCC/C=C\CCCCCCCC. The molecule has 14 heteroatoms. The van der Waals surface area contributed by atoms with Gasteiger partial charge in [0.15, 0.2) is 6.10 Å². The zero-order valence-corrected chi connectivity index (χ0v) is 39.5. The summed E-state index contributed by atoms with van der Waals surface area (Å²) in [6, 6.07) is 1.49. The van der Waals surface area contributed by atoms with Crippen LogP contribution in [0.1, 0.15) is 213 Å². The van der Waals surface area contributed by atoms with Crippen LogP contribution in [0.25, 0.3) is 0 Å². The highest BCUT2D eigenvalue weighted by atomic mass is 31.2. The summed E-state index contributed by atoms with van der Waals surface area (Å²) in [5, 5.41) is 0. The van der Waals surface area contributed by atoms with Crippen molar-refractivity contribution in [3.05, 3.63) is 47.1 Å². The van der Waals surface area contributed by atoms with Gasteiger partial charge in [-0.1, -0.05) is 141 Å². The first-order chi connectivity index (χ1) is 30.1. The Kier molecular flexibility index (Phi) is 32.6. The number of hydrogen-bond donors (Lipinski definition) is 2. The van der Waals surface area contributed by atoms with Crippen LogP contribution in [0.3, 0.4) is 0 Å². The Hall–Kier alpha value is -2.83. The topological polar surface area (TPSA) is 178 Å². The maximum Gasteiger partial charge on any atom is 0.472 e. The predicted octanol–water partition coefficient (Wildman–Crippen LogP) is 12.2. The summed E-state index contributed by atoms with van der Waals surface area (Å²) in [6.07, 6.45) is 39.7. The highest BCUT2D eigenvalue weighted by molar-refractivity contribution is 7.47. The number of aromatic nitrogens is 2. The van der Waals surface area contributed by atoms with Gasteiger partial charge in [0, 0.05) is 19.0 Å². The van der Waals surface area contributed by atoms with Gasteiger partial charge in [0.05, 0.1) is 19.3 Å². The smallest absolute Gasteiger partial charge is 0.462 e. The van der Waals surface area contributed by atoms with Crippen LogP contribution in [0.15, 0.2) is 41.4 Å². The van der Waals surface area contributed by atoms with E-state index >= 15 is 0 Å². The molecule has 3 N–H and O–H groups in total. The molecule has 0 aliphatic carbocycles. The molecule has 1 unspecified atom stereocenters. The van der Waals surface area contributed by atoms with E-state index in [0.717, 1.165) is 77.0 Å². The van der Waals surface area contributed by atoms with E-state index in [0.29, 0.717) is 25.7 Å². The van der Waals surface area contributed by atoms with Gasteiger partial charge in [-0.2, -0.15) is 4.98 Å². The molecule has 0 spiro atoms. The normalized spacial score (nSPS) is 16.9. The Morgan fingerprint density at radius 2 is 1.23 bits per heavy atom. The number of hydrogen-bond acceptors (Lipinski definition) is 11. The predicted molar refractivity (Wildman–Crippen MR) is 248 cm³/mol. The molecule has 2 heterocycles. The quantitative estimate of drug-likeness (QED) is 0.0276. The number of carbonyl (C=O) groups is 2. The van der Waals surface area contributed by atoms with E-state index in [4.69, 9.17) is 29.0 Å². The van der Waals surface area contributed by atoms with Gasteiger partial charge in [-0.05, 0) is 83.1 Å². The first kappa shape index (κ1) is 55.3. The summed E-state index contributed by atoms with van der Waals surface area (Å²) in [7, 11) is -4.62. The summed E-state index contributed by atoms with van der Waals surface area (Å²) in [5.74, 6) is -0.813. The molecule has 1 aromatic heterocycles. The van der Waals surface area contributed by atoms with Crippen LogP contribution < -0.4 is 11.4 Å². The Morgan fingerprint density at radius 1 is 0.742 bits per heavy atom. The molecule has 62 heavy (non-hydrogen) atoms. The van der Waals surface area contributed by atoms with Crippen molar-refractivity contribution < 1.29 is 42.3 Å². The lowest BCUT2D eigenvalue weighted by molar-refractivity contribution is -0.161. The summed E-state index contributed by atoms with van der Waals surface area (Å²) in [5.41, 5.74) is 5.02. The molecule has 0 amide bonds. The number of allylic oxidation sites excluding steroid dienone is 4. The number of ether oxygens (including phenoxy) is 3. The fourth-order valence-electron chi connectivity index (χ4n) is 7.35. The average molecular weight is 894 g/mol. The minimum atomic E-state index is -4.62. The van der Waals surface area contributed by atoms with Crippen LogP contribution in [0.2, 0.25) is 0 Å². The van der Waals surface area contributed by atoms with Gasteiger partial charge in [0.1, 0.15) is 18.7 Å². The van der Waals surface area contributed by atoms with Crippen molar-refractivity contribution in [2.24, 2.45) is 0 Å². The number of phosphoric acid groups is 1. The van der Waals surface area contributed by atoms with Crippen molar-refractivity contribution in [3.8, 4) is 0 Å². The number of unbranched alkanes of at least 4 members (excludes halogenated alkanes) is 22. The molecule has 13 nitrogen and oxygen atoms in total. The maximum absolute atomic E-state index is 12.9. The van der Waals surface area contributed by atoms with E-state index in [9.17, 15) is 23.8 Å². The van der Waals surface area contributed by atoms with E-state index < -0.39 is 50.5 Å². The molecule has 356 valence electrons. The second-order valence-electron chi connectivity index (χ2n) is 16.9. The number of phosphoric ester groups is 1. The van der Waals surface area contributed by atoms with Crippen LogP contribution in [0.5, 0.6) is 0 Å². The molecular weight excluding hydrogens is 810 g/mol. The first-order valence-corrected chi connectivity index (χ1v) is 25.9. The molecule has 1 saturated heterocycles. The minimum absolute atomic E-state index is 0.0998. The minimum Gasteiger partial charge on any atom is -0.462 e. The first-order valence-electron chi connectivity index (χ1n) is 24.4. The molecule has 0 radical (unpaired) electrons. The number of nitrogen functional groups attached to an aromatic ring is 1. The molecule has 1 aromatic rings. The van der Waals surface area contributed by atoms with Crippen LogP contribution in [0.4, 0.5) is 5.82 Å². The van der Waals surface area contributed by atoms with Crippen LogP contribution in [0, 0.1) is 0 Å². The highest BCUT2D eigenvalue weighted by Gasteiger charge is 2.32. The molecule has 0 saturated carbocycles. The van der Waals surface area contributed by atoms with E-state index in [1.807, 2.05) is 0 Å². The number of anilines is 1. The standard InChI is InChI=1S/C48H84N3O10P/c1-3-5-7-9-11-13-15-17-19-21-23-25-27-29-31-33-46(52)57-39-43(61-47(53)34-32-30-28-26-24-22-20-18-16-14-12-10-8-6-4-2)41-59-62(55,56)58-40-42-35-36-45(60-42)51-38-37-44(49)50-48(51)54/h17-20,37-38,42-43,45H,3-16,21-36,39-41H2,1-2H3,(H,55,56)(H2,49,50,54)/b19-17-,20-18-/t42-,43+,45+/m0/s1. The zero-order chi connectivity index (χ0) is 44.9. The third-order valence-electron chi connectivity index (χ3n) is 11.1. The second-order valence-corrected chi connectivity index (χ2v) is 18.3. The van der Waals surface area contributed by atoms with Gasteiger partial charge in [0.25, 0.3) is 0 Å². The maximum atomic E-state index is 12.9. The summed E-state index contributed by atoms with van der Waals surface area (Å²) < 4.78 is 41.5. The number of esters is 2. The summed E-state index contributed by atoms with van der Waals surface area (Å²) in [4.78, 5) is 51.8. The lowest BCUT2D eigenvalue weighted by atomic mass is 10.1. The van der Waals surface area contributed by atoms with Gasteiger partial charge in [0.2, 0.25) is 0 Å². The molecular formula is C48H84N3O10P. The Labute approximate surface area is 373 Å². The highest BCUT2D eigenvalue weighted by Crippen LogP contribution is 2.44. The van der Waals surface area contributed by atoms with E-state index in [-0.39, 0.29) is 31.9 Å². The Balaban J connectivity index is 1.71. The van der Waals surface area contributed by atoms with E-state index in [1.54, 1.807) is 0 Å². The number of nitrogens with two attached hydrogens (primary N) is 1. The molecule has 0 aromatic carbocycles. The van der Waals surface area contributed by atoms with Crippen molar-refractivity contribution in [1.82, 2.24) is 9.55 Å². The van der Waals surface area contributed by atoms with Crippen molar-refractivity contribution in [2.45, 2.75) is 225 Å². The number of rotatable bonds is 40. The van der Waals surface area contributed by atoms with E-state index in [1.165, 1.54) is 93.9 Å². The van der Waals surface area contributed by atoms with Gasteiger partial charge < -0.3 is 24.8 Å². The lowest BCUT2D eigenvalue weighted by Crippen LogP contribution is -2.30. The van der Waals surface area contributed by atoms with Crippen LogP contribution in [-0.2, 0) is 37.4 Å². The van der Waals surface area contributed by atoms with Crippen molar-refractivity contribution in [1.29, 1.82) is 0 Å². The molecule has 0 bridgehead atoms. The van der Waals surface area contributed by atoms with E-state index in [2.05, 4.69) is 43.1 Å². The van der Waals surface area contributed by atoms with Crippen LogP contribution in [-0.4, -0.2) is 58.4 Å². The van der Waals surface area contributed by atoms with Crippen molar-refractivity contribution >= 4 is 25.6 Å². The van der Waals surface area contributed by atoms with Crippen molar-refractivity contribution in [3.63, 3.8) is 0 Å². The molecule has 2 rings (SSSR count). The monoisotopic (exact) mass is 894 g/mol. The largest absolute Gasteiger partial charge is 0.472 e. The average Bonchev–Trinajstić information content (AvgIpc) is 3.72. The zero-order valence-electron chi connectivity index (χ0n) is 38.6. The third kappa shape index (κ3) is 29.5. The molecule has 1 aliphatic rings. The Morgan fingerprint density at radius 3 is 1.74 bits per heavy atom. The third-order valence-corrected chi connectivity index (χ3v) is 12.1. The van der Waals surface area contributed by atoms with Gasteiger partial charge in [-0.3, -0.25) is 23.2 Å². The van der Waals surface area contributed by atoms with Crippen LogP contribution >= 0.6 is 7.82 Å². The summed E-state index contributed by atoms with van der Waals surface area (Å²) in [6.45, 7) is 3.40. The van der Waals surface area contributed by atoms with Gasteiger partial charge in [-0.15, -0.1) is 0 Å². The summed E-state index contributed by atoms with van der Waals surface area (Å²) >= 11 is 0. The fourth-order valence-corrected chi connectivity index (χ4v) is 8.13. The lowest BCUT2D eigenvalue weighted by Gasteiger charge is -2.21. The molecule has 4 atom stereocenters. The van der Waals surface area contributed by atoms with Crippen molar-refractivity contribution in [2.75, 3.05) is 25.6 Å².